The van der Waals surface area contributed by atoms with E-state index < -0.39 is 16.6 Å². The summed E-state index contributed by atoms with van der Waals surface area (Å²) in [6.07, 6.45) is 0. The molecule has 0 bridgehead atoms. The summed E-state index contributed by atoms with van der Waals surface area (Å²) in [5.74, 6) is -0.718. The van der Waals surface area contributed by atoms with Crippen molar-refractivity contribution in [1.82, 2.24) is 4.98 Å². The molecule has 60 valence electrons. The van der Waals surface area contributed by atoms with Gasteiger partial charge in [-0.1, -0.05) is 0 Å². The number of hydrogen-bond acceptors (Lipinski definition) is 5. The van der Waals surface area contributed by atoms with Crippen molar-refractivity contribution in [3.8, 4) is 0 Å². The van der Waals surface area contributed by atoms with E-state index in [1.165, 1.54) is 5.38 Å². The lowest BCUT2D eigenvalue weighted by Crippen LogP contribution is -2.11. The Morgan fingerprint density at radius 2 is 2.27 bits per heavy atom. The third-order valence-corrected chi connectivity index (χ3v) is 2.72. The van der Waals surface area contributed by atoms with Gasteiger partial charge >= 0.3 is 0 Å². The molecule has 7 heteroatoms. The number of rotatable bonds is 2. The van der Waals surface area contributed by atoms with E-state index in [1.54, 1.807) is 0 Å². The second-order valence-corrected chi connectivity index (χ2v) is 3.74. The van der Waals surface area contributed by atoms with Gasteiger partial charge in [0.1, 0.15) is 5.69 Å². The fourth-order valence-corrected chi connectivity index (χ4v) is 1.69. The number of thiol groups is 1. The lowest BCUT2D eigenvalue weighted by atomic mass is 10.5. The number of amides is 1. The van der Waals surface area contributed by atoms with Crippen molar-refractivity contribution in [1.29, 1.82) is 0 Å². The van der Waals surface area contributed by atoms with E-state index in [0.29, 0.717) is 0 Å². The van der Waals surface area contributed by atoms with Crippen molar-refractivity contribution < 1.29 is 13.2 Å². The number of thiazole rings is 1. The Kier molecular flexibility index (Phi) is 2.20. The van der Waals surface area contributed by atoms with E-state index in [-0.39, 0.29) is 10.0 Å². The van der Waals surface area contributed by atoms with Crippen LogP contribution in [0.3, 0.4) is 0 Å². The Balaban J connectivity index is 3.09. The van der Waals surface area contributed by atoms with Crippen molar-refractivity contribution in [2.75, 3.05) is 0 Å². The quantitative estimate of drug-likeness (QED) is 0.601. The van der Waals surface area contributed by atoms with E-state index in [4.69, 9.17) is 5.73 Å². The van der Waals surface area contributed by atoms with Gasteiger partial charge in [0.05, 0.1) is 0 Å². The standard InChI is InChI=1S/C4H4N2O3S2/c5-3(7)2-1-10-4(6-2)11(8)9/h1,11H,(H2,5,7). The van der Waals surface area contributed by atoms with Crippen molar-refractivity contribution in [2.24, 2.45) is 5.73 Å². The molecule has 1 rings (SSSR count). The Morgan fingerprint density at radius 1 is 1.64 bits per heavy atom. The van der Waals surface area contributed by atoms with Crippen LogP contribution in [0.15, 0.2) is 9.72 Å². The van der Waals surface area contributed by atoms with Gasteiger partial charge in [-0.25, -0.2) is 13.4 Å². The summed E-state index contributed by atoms with van der Waals surface area (Å²) in [6.45, 7) is 0. The Labute approximate surface area is 67.8 Å². The maximum absolute atomic E-state index is 10.4. The predicted octanol–water partition coefficient (Wildman–Crippen LogP) is -0.788. The molecule has 1 heterocycles. The lowest BCUT2D eigenvalue weighted by molar-refractivity contribution is 0.0996. The predicted molar refractivity (Wildman–Crippen MR) is 39.2 cm³/mol. The second kappa shape index (κ2) is 2.97. The molecule has 11 heavy (non-hydrogen) atoms. The minimum Gasteiger partial charge on any atom is -0.364 e. The molecule has 0 radical (unpaired) electrons. The van der Waals surface area contributed by atoms with Gasteiger partial charge in [-0.2, -0.15) is 0 Å². The van der Waals surface area contributed by atoms with Gasteiger partial charge in [-0.15, -0.1) is 11.3 Å². The van der Waals surface area contributed by atoms with Crippen molar-refractivity contribution in [3.63, 3.8) is 0 Å². The third-order valence-electron chi connectivity index (χ3n) is 0.901. The van der Waals surface area contributed by atoms with Crippen LogP contribution in [-0.2, 0) is 10.7 Å². The molecule has 0 aliphatic rings. The molecule has 0 saturated heterocycles. The number of carbonyl (C=O) groups is 1. The first-order valence-electron chi connectivity index (χ1n) is 2.51. The topological polar surface area (TPSA) is 90.1 Å². The molecule has 1 aromatic rings. The van der Waals surface area contributed by atoms with Crippen LogP contribution >= 0.6 is 11.3 Å². The van der Waals surface area contributed by atoms with Crippen LogP contribution in [0, 0.1) is 0 Å². The van der Waals surface area contributed by atoms with Crippen molar-refractivity contribution >= 4 is 27.9 Å². The van der Waals surface area contributed by atoms with Gasteiger partial charge in [-0.05, 0) is 0 Å². The highest BCUT2D eigenvalue weighted by atomic mass is 32.2. The number of nitrogens with zero attached hydrogens (tertiary/aromatic N) is 1. The third kappa shape index (κ3) is 1.75. The van der Waals surface area contributed by atoms with E-state index in [0.717, 1.165) is 11.3 Å². The molecule has 5 nitrogen and oxygen atoms in total. The summed E-state index contributed by atoms with van der Waals surface area (Å²) in [5.41, 5.74) is 4.83. The van der Waals surface area contributed by atoms with Crippen LogP contribution in [-0.4, -0.2) is 19.3 Å². The number of carbonyl (C=O) groups excluding carboxylic acids is 1. The Morgan fingerprint density at radius 3 is 2.55 bits per heavy atom. The second-order valence-electron chi connectivity index (χ2n) is 1.64. The zero-order chi connectivity index (χ0) is 8.43. The summed E-state index contributed by atoms with van der Waals surface area (Å²) >= 11 is 0.878. The molecule has 2 N–H and O–H groups in total. The maximum atomic E-state index is 10.4. The molecular formula is C4H4N2O3S2. The minimum atomic E-state index is -2.70. The van der Waals surface area contributed by atoms with Gasteiger partial charge in [0, 0.05) is 5.38 Å². The minimum absolute atomic E-state index is 0.01000. The number of hydrogen-bond donors (Lipinski definition) is 2. The Bertz CT molecular complexity index is 346. The molecular weight excluding hydrogens is 188 g/mol. The normalized spacial score (nSPS) is 10.3. The smallest absolute Gasteiger partial charge is 0.268 e. The van der Waals surface area contributed by atoms with Crippen molar-refractivity contribution in [2.45, 2.75) is 4.34 Å². The van der Waals surface area contributed by atoms with E-state index >= 15 is 0 Å². The summed E-state index contributed by atoms with van der Waals surface area (Å²) in [6, 6.07) is 0. The van der Waals surface area contributed by atoms with Crippen LogP contribution in [0.4, 0.5) is 0 Å². The average Bonchev–Trinajstić information content (AvgIpc) is 2.33. The van der Waals surface area contributed by atoms with Gasteiger partial charge in [-0.3, -0.25) is 4.79 Å². The molecule has 0 fully saturated rings. The van der Waals surface area contributed by atoms with Crippen LogP contribution in [0.2, 0.25) is 0 Å². The van der Waals surface area contributed by atoms with E-state index in [9.17, 15) is 13.2 Å². The highest BCUT2D eigenvalue weighted by Gasteiger charge is 2.07. The molecule has 0 aliphatic heterocycles. The highest BCUT2D eigenvalue weighted by Crippen LogP contribution is 2.09. The molecule has 1 aromatic heterocycles. The zero-order valence-corrected chi connectivity index (χ0v) is 6.89. The molecule has 0 unspecified atom stereocenters. The molecule has 0 saturated carbocycles. The first-order chi connectivity index (χ1) is 5.11. The van der Waals surface area contributed by atoms with E-state index in [1.807, 2.05) is 0 Å². The van der Waals surface area contributed by atoms with E-state index in [2.05, 4.69) is 4.98 Å². The number of nitrogens with two attached hydrogens (primary N) is 1. The van der Waals surface area contributed by atoms with Crippen LogP contribution in [0.1, 0.15) is 10.5 Å². The zero-order valence-electron chi connectivity index (χ0n) is 5.18. The first-order valence-corrected chi connectivity index (χ1v) is 4.56. The molecule has 1 amide bonds. The molecule has 0 spiro atoms. The average molecular weight is 192 g/mol. The molecule has 0 aliphatic carbocycles. The summed E-state index contributed by atoms with van der Waals surface area (Å²) in [5, 5.41) is 1.31. The van der Waals surface area contributed by atoms with Gasteiger partial charge in [0.15, 0.2) is 10.7 Å². The number of aromatic nitrogens is 1. The van der Waals surface area contributed by atoms with Crippen molar-refractivity contribution in [3.05, 3.63) is 11.1 Å². The summed E-state index contributed by atoms with van der Waals surface area (Å²) in [7, 11) is -2.70. The highest BCUT2D eigenvalue weighted by molar-refractivity contribution is 7.75. The maximum Gasteiger partial charge on any atom is 0.268 e. The molecule has 0 aromatic carbocycles. The van der Waals surface area contributed by atoms with Crippen LogP contribution < -0.4 is 5.73 Å². The fraction of sp³-hybridized carbons (Fsp3) is 0. The molecule has 0 atom stereocenters. The monoisotopic (exact) mass is 192 g/mol. The van der Waals surface area contributed by atoms with Gasteiger partial charge in [0.25, 0.3) is 5.91 Å². The SMILES string of the molecule is NC(=O)c1csc([SH](=O)=O)n1. The first kappa shape index (κ1) is 8.15. The Hall–Kier alpha value is -0.950. The van der Waals surface area contributed by atoms with Gasteiger partial charge in [0.2, 0.25) is 4.34 Å². The van der Waals surface area contributed by atoms with Crippen LogP contribution in [0.5, 0.6) is 0 Å². The fourth-order valence-electron chi connectivity index (χ4n) is 0.461. The van der Waals surface area contributed by atoms with Crippen LogP contribution in [0.25, 0.3) is 0 Å². The number of primary amides is 1. The summed E-state index contributed by atoms with van der Waals surface area (Å²) in [4.78, 5) is 13.9. The largest absolute Gasteiger partial charge is 0.364 e. The lowest BCUT2D eigenvalue weighted by Gasteiger charge is -1.80. The summed E-state index contributed by atoms with van der Waals surface area (Å²) < 4.78 is 20.5. The van der Waals surface area contributed by atoms with Gasteiger partial charge < -0.3 is 5.73 Å².